The molecule has 2 aromatic heterocycles. The van der Waals surface area contributed by atoms with Crippen molar-refractivity contribution < 1.29 is 8.42 Å². The van der Waals surface area contributed by atoms with Crippen LogP contribution in [0.4, 0.5) is 5.82 Å². The fourth-order valence-corrected chi connectivity index (χ4v) is 3.78. The summed E-state index contributed by atoms with van der Waals surface area (Å²) in [4.78, 5) is 4.28. The summed E-state index contributed by atoms with van der Waals surface area (Å²) in [6, 6.07) is 5.27. The van der Waals surface area contributed by atoms with E-state index in [1.807, 2.05) is 19.9 Å². The Bertz CT molecular complexity index is 693. The number of fused-ring (bicyclic) bond motifs is 1. The van der Waals surface area contributed by atoms with Crippen molar-refractivity contribution in [3.8, 4) is 0 Å². The fourth-order valence-electron chi connectivity index (χ4n) is 2.21. The third-order valence-corrected chi connectivity index (χ3v) is 4.67. The van der Waals surface area contributed by atoms with Crippen LogP contribution in [0, 0.1) is 0 Å². The van der Waals surface area contributed by atoms with Crippen LogP contribution in [-0.4, -0.2) is 30.9 Å². The number of nitrogens with one attached hydrogen (secondary N) is 2. The molecule has 2 rings (SSSR count). The van der Waals surface area contributed by atoms with Crippen molar-refractivity contribution >= 4 is 21.5 Å². The molecule has 0 aliphatic carbocycles. The highest BCUT2D eigenvalue weighted by molar-refractivity contribution is 7.89. The van der Waals surface area contributed by atoms with Crippen molar-refractivity contribution in [3.63, 3.8) is 0 Å². The first kappa shape index (κ1) is 14.8. The number of pyridine rings is 1. The summed E-state index contributed by atoms with van der Waals surface area (Å²) in [7, 11) is -1.96. The third-order valence-electron chi connectivity index (χ3n) is 3.06. The van der Waals surface area contributed by atoms with Gasteiger partial charge in [-0.3, -0.25) is 4.40 Å². The molecule has 1 unspecified atom stereocenters. The van der Waals surface area contributed by atoms with E-state index in [0.717, 1.165) is 12.8 Å². The minimum atomic E-state index is -3.62. The van der Waals surface area contributed by atoms with E-state index in [1.54, 1.807) is 29.8 Å². The molecule has 0 radical (unpaired) electrons. The largest absolute Gasteiger partial charge is 0.371 e. The van der Waals surface area contributed by atoms with Crippen molar-refractivity contribution in [2.45, 2.75) is 37.8 Å². The Balaban J connectivity index is 2.50. The first-order valence-corrected chi connectivity index (χ1v) is 8.15. The molecule has 0 aliphatic heterocycles. The van der Waals surface area contributed by atoms with Crippen molar-refractivity contribution in [2.75, 3.05) is 12.4 Å². The second-order valence-corrected chi connectivity index (χ2v) is 6.38. The zero-order valence-corrected chi connectivity index (χ0v) is 12.7. The lowest BCUT2D eigenvalue weighted by molar-refractivity contribution is 0.540. The number of hydrogen-bond donors (Lipinski definition) is 2. The van der Waals surface area contributed by atoms with Gasteiger partial charge in [-0.1, -0.05) is 19.4 Å². The minimum absolute atomic E-state index is 0.107. The van der Waals surface area contributed by atoms with Crippen LogP contribution < -0.4 is 10.0 Å². The van der Waals surface area contributed by atoms with Gasteiger partial charge in [-0.15, -0.1) is 0 Å². The quantitative estimate of drug-likeness (QED) is 0.853. The average molecular weight is 296 g/mol. The summed E-state index contributed by atoms with van der Waals surface area (Å²) >= 11 is 0. The molecule has 0 aliphatic rings. The van der Waals surface area contributed by atoms with Gasteiger partial charge >= 0.3 is 0 Å². The van der Waals surface area contributed by atoms with E-state index in [-0.39, 0.29) is 11.1 Å². The molecule has 0 bridgehead atoms. The predicted octanol–water partition coefficient (Wildman–Crippen LogP) is 1.84. The molecule has 7 heteroatoms. The van der Waals surface area contributed by atoms with Gasteiger partial charge in [0.2, 0.25) is 0 Å². The molecular weight excluding hydrogens is 276 g/mol. The van der Waals surface area contributed by atoms with Crippen molar-refractivity contribution in [2.24, 2.45) is 0 Å². The van der Waals surface area contributed by atoms with E-state index in [1.165, 1.54) is 0 Å². The zero-order valence-electron chi connectivity index (χ0n) is 11.9. The van der Waals surface area contributed by atoms with Crippen LogP contribution in [0.25, 0.3) is 5.65 Å². The van der Waals surface area contributed by atoms with E-state index in [0.29, 0.717) is 11.5 Å². The molecule has 20 heavy (non-hydrogen) atoms. The molecule has 0 saturated heterocycles. The average Bonchev–Trinajstić information content (AvgIpc) is 2.77. The number of aromatic nitrogens is 2. The van der Waals surface area contributed by atoms with Crippen LogP contribution in [0.1, 0.15) is 26.7 Å². The smallest absolute Gasteiger partial charge is 0.260 e. The molecule has 6 nitrogen and oxygen atoms in total. The fraction of sp³-hybridized carbons (Fsp3) is 0.462. The Morgan fingerprint density at radius 2 is 2.15 bits per heavy atom. The molecule has 0 amide bonds. The lowest BCUT2D eigenvalue weighted by atomic mass is 10.2. The Morgan fingerprint density at radius 1 is 1.40 bits per heavy atom. The molecule has 2 N–H and O–H groups in total. The second-order valence-electron chi connectivity index (χ2n) is 4.76. The highest BCUT2D eigenvalue weighted by Crippen LogP contribution is 2.22. The molecule has 1 atom stereocenters. The molecule has 0 spiro atoms. The summed E-state index contributed by atoms with van der Waals surface area (Å²) in [5.74, 6) is 0.354. The van der Waals surface area contributed by atoms with Gasteiger partial charge in [0.15, 0.2) is 10.8 Å². The van der Waals surface area contributed by atoms with Gasteiger partial charge in [0.25, 0.3) is 10.0 Å². The Kier molecular flexibility index (Phi) is 4.29. The van der Waals surface area contributed by atoms with Crippen LogP contribution in [0.2, 0.25) is 0 Å². The number of imidazole rings is 1. The van der Waals surface area contributed by atoms with E-state index < -0.39 is 10.0 Å². The van der Waals surface area contributed by atoms with E-state index in [2.05, 4.69) is 15.0 Å². The summed E-state index contributed by atoms with van der Waals surface area (Å²) in [5.41, 5.74) is 0.598. The van der Waals surface area contributed by atoms with Crippen LogP contribution in [0.15, 0.2) is 29.4 Å². The summed E-state index contributed by atoms with van der Waals surface area (Å²) < 4.78 is 29.4. The van der Waals surface area contributed by atoms with Gasteiger partial charge in [0, 0.05) is 19.3 Å². The maximum absolute atomic E-state index is 12.6. The predicted molar refractivity (Wildman–Crippen MR) is 79.4 cm³/mol. The van der Waals surface area contributed by atoms with Gasteiger partial charge in [-0.05, 0) is 25.5 Å². The van der Waals surface area contributed by atoms with Crippen LogP contribution in [-0.2, 0) is 10.0 Å². The highest BCUT2D eigenvalue weighted by Gasteiger charge is 2.25. The Labute approximate surface area is 119 Å². The monoisotopic (exact) mass is 296 g/mol. The summed E-state index contributed by atoms with van der Waals surface area (Å²) in [5, 5.41) is 3.00. The lowest BCUT2D eigenvalue weighted by Gasteiger charge is -2.13. The number of rotatable bonds is 6. The van der Waals surface area contributed by atoms with Crippen LogP contribution in [0.3, 0.4) is 0 Å². The first-order chi connectivity index (χ1) is 9.49. The molecular formula is C13H20N4O2S. The third kappa shape index (κ3) is 2.78. The normalized spacial score (nSPS) is 13.6. The number of anilines is 1. The number of nitrogens with zero attached hydrogens (tertiary/aromatic N) is 2. The van der Waals surface area contributed by atoms with E-state index >= 15 is 0 Å². The van der Waals surface area contributed by atoms with Gasteiger partial charge in [-0.2, -0.15) is 0 Å². The van der Waals surface area contributed by atoms with Gasteiger partial charge in [-0.25, -0.2) is 18.1 Å². The lowest BCUT2D eigenvalue weighted by Crippen LogP contribution is -2.33. The summed E-state index contributed by atoms with van der Waals surface area (Å²) in [6.07, 6.45) is 3.42. The molecule has 0 fully saturated rings. The highest BCUT2D eigenvalue weighted by atomic mass is 32.2. The zero-order chi connectivity index (χ0) is 14.8. The molecule has 2 heterocycles. The Morgan fingerprint density at radius 3 is 2.80 bits per heavy atom. The van der Waals surface area contributed by atoms with Crippen LogP contribution in [0.5, 0.6) is 0 Å². The van der Waals surface area contributed by atoms with Crippen molar-refractivity contribution in [3.05, 3.63) is 24.4 Å². The van der Waals surface area contributed by atoms with E-state index in [9.17, 15) is 8.42 Å². The maximum Gasteiger partial charge on any atom is 0.260 e. The minimum Gasteiger partial charge on any atom is -0.371 e. The van der Waals surface area contributed by atoms with Gasteiger partial charge in [0.05, 0.1) is 0 Å². The van der Waals surface area contributed by atoms with Gasteiger partial charge < -0.3 is 5.32 Å². The van der Waals surface area contributed by atoms with Crippen molar-refractivity contribution in [1.29, 1.82) is 0 Å². The SMILES string of the molecule is CCCC(C)NS(=O)(=O)c1c(NC)nc2ccccn12. The number of sulfonamides is 1. The van der Waals surface area contributed by atoms with Crippen LogP contribution >= 0.6 is 0 Å². The summed E-state index contributed by atoms with van der Waals surface area (Å²) in [6.45, 7) is 3.89. The maximum atomic E-state index is 12.6. The number of hydrogen-bond acceptors (Lipinski definition) is 4. The van der Waals surface area contributed by atoms with E-state index in [4.69, 9.17) is 0 Å². The Hall–Kier alpha value is -1.60. The molecule has 0 saturated carbocycles. The standard InChI is InChI=1S/C13H20N4O2S/c1-4-7-10(2)16-20(18,19)13-12(14-3)15-11-8-5-6-9-17(11)13/h5-6,8-10,14,16H,4,7H2,1-3H3. The molecule has 2 aromatic rings. The molecule has 0 aromatic carbocycles. The second kappa shape index (κ2) is 5.80. The molecule has 110 valence electrons. The first-order valence-electron chi connectivity index (χ1n) is 6.66. The van der Waals surface area contributed by atoms with Gasteiger partial charge in [0.1, 0.15) is 5.65 Å². The van der Waals surface area contributed by atoms with Crippen molar-refractivity contribution in [1.82, 2.24) is 14.1 Å². The topological polar surface area (TPSA) is 75.5 Å².